The highest BCUT2D eigenvalue weighted by molar-refractivity contribution is 5.47. The van der Waals surface area contributed by atoms with E-state index in [1.165, 1.54) is 18.2 Å². The maximum Gasteiger partial charge on any atom is 0.131 e. The van der Waals surface area contributed by atoms with Gasteiger partial charge in [-0.15, -0.1) is 0 Å². The van der Waals surface area contributed by atoms with Crippen LogP contribution >= 0.6 is 0 Å². The second-order valence-corrected chi connectivity index (χ2v) is 4.63. The first-order valence-electron chi connectivity index (χ1n) is 6.40. The quantitative estimate of drug-likeness (QED) is 0.880. The van der Waals surface area contributed by atoms with Gasteiger partial charge in [0, 0.05) is 18.4 Å². The summed E-state index contributed by atoms with van der Waals surface area (Å²) < 4.78 is 32.5. The molecule has 0 spiro atoms. The Morgan fingerprint density at radius 2 is 1.75 bits per heavy atom. The average molecular weight is 277 g/mol. The fourth-order valence-corrected chi connectivity index (χ4v) is 2.16. The van der Waals surface area contributed by atoms with Crippen molar-refractivity contribution in [3.8, 4) is 0 Å². The molecule has 1 N–H and O–H groups in total. The Hall–Kier alpha value is -1.94. The third-order valence-electron chi connectivity index (χ3n) is 3.05. The van der Waals surface area contributed by atoms with Crippen molar-refractivity contribution in [1.29, 1.82) is 0 Å². The molecule has 2 nitrogen and oxygen atoms in total. The van der Waals surface area contributed by atoms with Gasteiger partial charge in [0.05, 0.1) is 12.6 Å². The monoisotopic (exact) mass is 277 g/mol. The van der Waals surface area contributed by atoms with Crippen molar-refractivity contribution in [3.05, 3.63) is 65.2 Å². The van der Waals surface area contributed by atoms with Gasteiger partial charge in [0.2, 0.25) is 0 Å². The molecule has 4 heteroatoms. The molecule has 0 bridgehead atoms. The predicted molar refractivity (Wildman–Crippen MR) is 75.6 cm³/mol. The number of anilines is 1. The highest BCUT2D eigenvalue weighted by Gasteiger charge is 2.15. The Bertz CT molecular complexity index is 566. The first-order chi connectivity index (χ1) is 9.61. The third kappa shape index (κ3) is 3.33. The summed E-state index contributed by atoms with van der Waals surface area (Å²) in [6.07, 6.45) is 0. The molecule has 1 atom stereocenters. The smallest absolute Gasteiger partial charge is 0.131 e. The van der Waals surface area contributed by atoms with E-state index in [4.69, 9.17) is 4.74 Å². The molecule has 20 heavy (non-hydrogen) atoms. The summed E-state index contributed by atoms with van der Waals surface area (Å²) in [4.78, 5) is 0. The molecule has 0 fully saturated rings. The van der Waals surface area contributed by atoms with Crippen LogP contribution in [0.3, 0.4) is 0 Å². The summed E-state index contributed by atoms with van der Waals surface area (Å²) in [6.45, 7) is 2.22. The van der Waals surface area contributed by atoms with E-state index in [1.54, 1.807) is 14.0 Å². The highest BCUT2D eigenvalue weighted by Crippen LogP contribution is 2.24. The second kappa shape index (κ2) is 6.48. The number of hydrogen-bond donors (Lipinski definition) is 1. The normalized spacial score (nSPS) is 12.2. The average Bonchev–Trinajstić information content (AvgIpc) is 2.39. The molecule has 0 aliphatic heterocycles. The van der Waals surface area contributed by atoms with Crippen LogP contribution in [-0.4, -0.2) is 7.11 Å². The van der Waals surface area contributed by atoms with Crippen molar-refractivity contribution in [3.63, 3.8) is 0 Å². The van der Waals surface area contributed by atoms with Gasteiger partial charge in [-0.3, -0.25) is 0 Å². The van der Waals surface area contributed by atoms with Gasteiger partial charge in [-0.25, -0.2) is 8.78 Å². The van der Waals surface area contributed by atoms with Crippen LogP contribution in [0.4, 0.5) is 14.5 Å². The van der Waals surface area contributed by atoms with E-state index in [0.717, 1.165) is 11.3 Å². The van der Waals surface area contributed by atoms with Gasteiger partial charge in [0.15, 0.2) is 0 Å². The summed E-state index contributed by atoms with van der Waals surface area (Å²) in [5.74, 6) is -1.09. The highest BCUT2D eigenvalue weighted by atomic mass is 19.1. The molecule has 0 aromatic heterocycles. The lowest BCUT2D eigenvalue weighted by Gasteiger charge is -2.17. The van der Waals surface area contributed by atoms with Crippen molar-refractivity contribution in [2.24, 2.45) is 0 Å². The molecule has 2 aromatic rings. The van der Waals surface area contributed by atoms with Gasteiger partial charge >= 0.3 is 0 Å². The van der Waals surface area contributed by atoms with Crippen molar-refractivity contribution in [1.82, 2.24) is 0 Å². The summed E-state index contributed by atoms with van der Waals surface area (Å²) >= 11 is 0. The minimum atomic E-state index is -0.543. The number of halogens is 2. The summed E-state index contributed by atoms with van der Waals surface area (Å²) in [5, 5.41) is 3.10. The molecular weight excluding hydrogens is 260 g/mol. The van der Waals surface area contributed by atoms with Crippen LogP contribution in [0.2, 0.25) is 0 Å². The second-order valence-electron chi connectivity index (χ2n) is 4.63. The number of nitrogens with one attached hydrogen (secondary N) is 1. The molecule has 0 aliphatic carbocycles. The van der Waals surface area contributed by atoms with Crippen LogP contribution in [0.15, 0.2) is 42.5 Å². The van der Waals surface area contributed by atoms with E-state index in [1.807, 2.05) is 24.3 Å². The van der Waals surface area contributed by atoms with Crippen molar-refractivity contribution in [2.75, 3.05) is 12.4 Å². The van der Waals surface area contributed by atoms with Gasteiger partial charge in [0.25, 0.3) is 0 Å². The van der Waals surface area contributed by atoms with Crippen LogP contribution < -0.4 is 5.32 Å². The fraction of sp³-hybridized carbons (Fsp3) is 0.250. The van der Waals surface area contributed by atoms with Crippen LogP contribution in [0.5, 0.6) is 0 Å². The van der Waals surface area contributed by atoms with E-state index < -0.39 is 17.7 Å². The third-order valence-corrected chi connectivity index (χ3v) is 3.05. The summed E-state index contributed by atoms with van der Waals surface area (Å²) in [5.41, 5.74) is 1.85. The number of benzene rings is 2. The molecule has 0 saturated carbocycles. The van der Waals surface area contributed by atoms with Gasteiger partial charge in [0.1, 0.15) is 11.6 Å². The van der Waals surface area contributed by atoms with Gasteiger partial charge in [-0.05, 0) is 36.8 Å². The summed E-state index contributed by atoms with van der Waals surface area (Å²) in [6, 6.07) is 11.0. The van der Waals surface area contributed by atoms with Gasteiger partial charge in [-0.1, -0.05) is 18.2 Å². The molecule has 2 aromatic carbocycles. The van der Waals surface area contributed by atoms with Crippen molar-refractivity contribution < 1.29 is 13.5 Å². The lowest BCUT2D eigenvalue weighted by atomic mass is 10.1. The van der Waals surface area contributed by atoms with Gasteiger partial charge < -0.3 is 10.1 Å². The van der Waals surface area contributed by atoms with E-state index >= 15 is 0 Å². The van der Waals surface area contributed by atoms with Gasteiger partial charge in [-0.2, -0.15) is 0 Å². The Balaban J connectivity index is 2.19. The number of rotatable bonds is 5. The Kier molecular flexibility index (Phi) is 4.69. The van der Waals surface area contributed by atoms with E-state index in [9.17, 15) is 8.78 Å². The minimum absolute atomic E-state index is 0.0460. The van der Waals surface area contributed by atoms with Crippen LogP contribution in [-0.2, 0) is 11.3 Å². The molecule has 0 heterocycles. The molecular formula is C16H17F2NO. The molecule has 1 unspecified atom stereocenters. The first kappa shape index (κ1) is 14.5. The number of ether oxygens (including phenoxy) is 1. The zero-order valence-corrected chi connectivity index (χ0v) is 11.5. The number of hydrogen-bond acceptors (Lipinski definition) is 2. The first-order valence-corrected chi connectivity index (χ1v) is 6.40. The lowest BCUT2D eigenvalue weighted by molar-refractivity contribution is 0.185. The van der Waals surface area contributed by atoms with E-state index in [2.05, 4.69) is 5.32 Å². The zero-order chi connectivity index (χ0) is 14.5. The maximum atomic E-state index is 13.7. The minimum Gasteiger partial charge on any atom is -0.380 e. The van der Waals surface area contributed by atoms with Crippen LogP contribution in [0.25, 0.3) is 0 Å². The van der Waals surface area contributed by atoms with E-state index in [-0.39, 0.29) is 5.56 Å². The Morgan fingerprint density at radius 3 is 2.40 bits per heavy atom. The Morgan fingerprint density at radius 1 is 1.10 bits per heavy atom. The van der Waals surface area contributed by atoms with Crippen LogP contribution in [0, 0.1) is 11.6 Å². The molecule has 0 aliphatic rings. The lowest BCUT2D eigenvalue weighted by Crippen LogP contribution is -2.11. The van der Waals surface area contributed by atoms with Crippen LogP contribution in [0.1, 0.15) is 24.1 Å². The van der Waals surface area contributed by atoms with E-state index in [0.29, 0.717) is 6.61 Å². The van der Waals surface area contributed by atoms with Crippen molar-refractivity contribution in [2.45, 2.75) is 19.6 Å². The standard InChI is InChI=1S/C16H17F2NO/c1-11(16-14(17)7-4-8-15(16)18)19-13-6-3-5-12(9-13)10-20-2/h3-9,11,19H,10H2,1-2H3. The molecule has 0 radical (unpaired) electrons. The number of methoxy groups -OCH3 is 1. The van der Waals surface area contributed by atoms with Crippen molar-refractivity contribution >= 4 is 5.69 Å². The maximum absolute atomic E-state index is 13.7. The zero-order valence-electron chi connectivity index (χ0n) is 11.5. The Labute approximate surface area is 117 Å². The molecule has 0 amide bonds. The fourth-order valence-electron chi connectivity index (χ4n) is 2.16. The molecule has 0 saturated heterocycles. The SMILES string of the molecule is COCc1cccc(NC(C)c2c(F)cccc2F)c1. The molecule has 2 rings (SSSR count). The largest absolute Gasteiger partial charge is 0.380 e. The topological polar surface area (TPSA) is 21.3 Å². The molecule has 106 valence electrons. The predicted octanol–water partition coefficient (Wildman–Crippen LogP) is 4.28. The summed E-state index contributed by atoms with van der Waals surface area (Å²) in [7, 11) is 1.62.